The molecule has 25 heavy (non-hydrogen) atoms. The van der Waals surface area contributed by atoms with Gasteiger partial charge < -0.3 is 26.9 Å². The van der Waals surface area contributed by atoms with E-state index in [1.165, 1.54) is 0 Å². The van der Waals surface area contributed by atoms with E-state index >= 15 is 0 Å². The van der Waals surface area contributed by atoms with Gasteiger partial charge in [0.2, 0.25) is 5.96 Å². The zero-order chi connectivity index (χ0) is 17.8. The minimum Gasteiger partial charge on any atom is -0.451 e. The topological polar surface area (TPSA) is 145 Å². The fourth-order valence-corrected chi connectivity index (χ4v) is 2.20. The highest BCUT2D eigenvalue weighted by molar-refractivity contribution is 6.04. The summed E-state index contributed by atoms with van der Waals surface area (Å²) in [6, 6.07) is 15.8. The van der Waals surface area contributed by atoms with Gasteiger partial charge in [0.25, 0.3) is 5.91 Å². The predicted octanol–water partition coefficient (Wildman–Crippen LogP) is 1.90. The fourth-order valence-electron chi connectivity index (χ4n) is 2.20. The number of anilines is 1. The Bertz CT molecular complexity index is 935. The number of carbonyl (C=O) groups is 1. The molecule has 2 aromatic carbocycles. The van der Waals surface area contributed by atoms with Crippen LogP contribution in [0.15, 0.2) is 69.0 Å². The van der Waals surface area contributed by atoms with Gasteiger partial charge in [-0.25, -0.2) is 4.99 Å². The van der Waals surface area contributed by atoms with E-state index in [0.29, 0.717) is 17.0 Å². The van der Waals surface area contributed by atoms with Crippen LogP contribution in [0.25, 0.3) is 11.0 Å². The molecule has 0 atom stereocenters. The smallest absolute Gasteiger partial charge is 0.291 e. The first kappa shape index (κ1) is 16.1. The third-order valence-electron chi connectivity index (χ3n) is 3.26. The quantitative estimate of drug-likeness (QED) is 0.426. The van der Waals surface area contributed by atoms with Crippen LogP contribution >= 0.6 is 0 Å². The molecule has 8 nitrogen and oxygen atoms in total. The highest BCUT2D eigenvalue weighted by Gasteiger charge is 2.12. The van der Waals surface area contributed by atoms with Crippen LogP contribution in [0.3, 0.4) is 0 Å². The molecule has 126 valence electrons. The lowest BCUT2D eigenvalue weighted by atomic mass is 10.2. The maximum absolute atomic E-state index is 12.3. The van der Waals surface area contributed by atoms with Crippen LogP contribution in [0.1, 0.15) is 10.6 Å². The molecule has 0 saturated heterocycles. The van der Waals surface area contributed by atoms with Crippen molar-refractivity contribution in [3.8, 4) is 0 Å². The molecule has 8 heteroatoms. The van der Waals surface area contributed by atoms with Crippen LogP contribution < -0.4 is 22.5 Å². The lowest BCUT2D eigenvalue weighted by Gasteiger charge is -2.03. The molecule has 1 heterocycles. The number of aliphatic imine (C=N–C) groups is 2. The largest absolute Gasteiger partial charge is 0.451 e. The molecule has 1 amide bonds. The number of nitrogens with one attached hydrogen (secondary N) is 1. The van der Waals surface area contributed by atoms with E-state index in [9.17, 15) is 4.79 Å². The molecule has 3 rings (SSSR count). The summed E-state index contributed by atoms with van der Waals surface area (Å²) in [5, 5.41) is 3.62. The van der Waals surface area contributed by atoms with Gasteiger partial charge in [-0.05, 0) is 36.4 Å². The molecule has 0 unspecified atom stereocenters. The molecule has 0 fully saturated rings. The average molecular weight is 336 g/mol. The number of amides is 1. The normalized spacial score (nSPS) is 11.3. The lowest BCUT2D eigenvalue weighted by Crippen LogP contribution is -2.26. The molecular formula is C17H16N6O2. The van der Waals surface area contributed by atoms with E-state index in [1.807, 2.05) is 18.2 Å². The Balaban J connectivity index is 1.72. The maximum Gasteiger partial charge on any atom is 0.291 e. The number of para-hydroxylation sites is 1. The second-order valence-corrected chi connectivity index (χ2v) is 5.16. The number of hydrogen-bond donors (Lipinski definition) is 4. The van der Waals surface area contributed by atoms with E-state index in [1.54, 1.807) is 36.4 Å². The summed E-state index contributed by atoms with van der Waals surface area (Å²) in [6.07, 6.45) is 0. The first-order valence-corrected chi connectivity index (χ1v) is 7.35. The van der Waals surface area contributed by atoms with Gasteiger partial charge in [-0.2, -0.15) is 4.99 Å². The number of guanidine groups is 2. The summed E-state index contributed by atoms with van der Waals surface area (Å²) in [5.41, 5.74) is 17.8. The Morgan fingerprint density at radius 1 is 1.00 bits per heavy atom. The zero-order valence-electron chi connectivity index (χ0n) is 13.1. The lowest BCUT2D eigenvalue weighted by molar-refractivity contribution is 0.0998. The summed E-state index contributed by atoms with van der Waals surface area (Å²) in [7, 11) is 0. The summed E-state index contributed by atoms with van der Waals surface area (Å²) >= 11 is 0. The van der Waals surface area contributed by atoms with Crippen molar-refractivity contribution >= 4 is 40.2 Å². The van der Waals surface area contributed by atoms with Crippen molar-refractivity contribution in [1.82, 2.24) is 0 Å². The number of benzene rings is 2. The summed E-state index contributed by atoms with van der Waals surface area (Å²) in [4.78, 5) is 19.9. The highest BCUT2D eigenvalue weighted by atomic mass is 16.3. The number of fused-ring (bicyclic) bond motifs is 1. The van der Waals surface area contributed by atoms with Gasteiger partial charge in [0.1, 0.15) is 5.58 Å². The Kier molecular flexibility index (Phi) is 4.34. The van der Waals surface area contributed by atoms with Crippen LogP contribution in [0.4, 0.5) is 11.4 Å². The third-order valence-corrected chi connectivity index (χ3v) is 3.26. The van der Waals surface area contributed by atoms with E-state index in [2.05, 4.69) is 15.3 Å². The van der Waals surface area contributed by atoms with Gasteiger partial charge in [-0.3, -0.25) is 4.79 Å². The minimum absolute atomic E-state index is 0.0564. The Morgan fingerprint density at radius 3 is 2.40 bits per heavy atom. The Labute approximate surface area is 143 Å². The molecule has 0 saturated carbocycles. The first-order valence-electron chi connectivity index (χ1n) is 7.35. The van der Waals surface area contributed by atoms with Crippen LogP contribution in [-0.4, -0.2) is 17.8 Å². The predicted molar refractivity (Wildman–Crippen MR) is 97.7 cm³/mol. The van der Waals surface area contributed by atoms with Crippen LogP contribution in [-0.2, 0) is 0 Å². The van der Waals surface area contributed by atoms with Crippen molar-refractivity contribution in [3.05, 3.63) is 60.4 Å². The Morgan fingerprint density at radius 2 is 1.72 bits per heavy atom. The number of furan rings is 1. The molecule has 0 spiro atoms. The summed E-state index contributed by atoms with van der Waals surface area (Å²) in [6.45, 7) is 0. The van der Waals surface area contributed by atoms with Gasteiger partial charge in [-0.15, -0.1) is 0 Å². The Hall–Kier alpha value is -3.81. The minimum atomic E-state index is -0.340. The van der Waals surface area contributed by atoms with E-state index < -0.39 is 0 Å². The van der Waals surface area contributed by atoms with Crippen molar-refractivity contribution in [2.75, 3.05) is 5.32 Å². The zero-order valence-corrected chi connectivity index (χ0v) is 13.1. The van der Waals surface area contributed by atoms with Gasteiger partial charge in [0, 0.05) is 11.1 Å². The number of hydrogen-bond acceptors (Lipinski definition) is 3. The van der Waals surface area contributed by atoms with Gasteiger partial charge in [0.15, 0.2) is 11.7 Å². The van der Waals surface area contributed by atoms with Crippen LogP contribution in [0, 0.1) is 0 Å². The average Bonchev–Trinajstić information content (AvgIpc) is 3.00. The second-order valence-electron chi connectivity index (χ2n) is 5.16. The molecule has 1 aromatic heterocycles. The molecule has 0 aliphatic rings. The van der Waals surface area contributed by atoms with E-state index in [0.717, 1.165) is 5.39 Å². The summed E-state index contributed by atoms with van der Waals surface area (Å²) < 4.78 is 5.53. The second kappa shape index (κ2) is 6.75. The highest BCUT2D eigenvalue weighted by Crippen LogP contribution is 2.21. The third kappa shape index (κ3) is 3.94. The number of nitrogens with zero attached hydrogens (tertiary/aromatic N) is 2. The van der Waals surface area contributed by atoms with Crippen molar-refractivity contribution < 1.29 is 9.21 Å². The van der Waals surface area contributed by atoms with Crippen molar-refractivity contribution in [2.24, 2.45) is 27.2 Å². The standard InChI is InChI=1S/C17H16N6O2/c18-16(19)23-17(20)22-12-7-5-11(6-8-12)21-15(24)14-9-10-3-1-2-4-13(10)25-14/h1-9H,(H,21,24)(H6,18,19,20,22,23). The van der Waals surface area contributed by atoms with E-state index in [4.69, 9.17) is 21.6 Å². The van der Waals surface area contributed by atoms with Crippen molar-refractivity contribution in [2.45, 2.75) is 0 Å². The molecule has 0 radical (unpaired) electrons. The summed E-state index contributed by atoms with van der Waals surface area (Å²) in [5.74, 6) is -0.331. The van der Waals surface area contributed by atoms with Gasteiger partial charge in [-0.1, -0.05) is 18.2 Å². The number of carbonyl (C=O) groups excluding carboxylic acids is 1. The monoisotopic (exact) mass is 336 g/mol. The molecule has 3 aromatic rings. The molecule has 7 N–H and O–H groups in total. The maximum atomic E-state index is 12.3. The SMILES string of the molecule is NC(N)=NC(N)=Nc1ccc(NC(=O)c2cc3ccccc3o2)cc1. The van der Waals surface area contributed by atoms with Crippen molar-refractivity contribution in [3.63, 3.8) is 0 Å². The first-order chi connectivity index (χ1) is 12.0. The molecule has 0 aliphatic carbocycles. The van der Waals surface area contributed by atoms with Crippen LogP contribution in [0.2, 0.25) is 0 Å². The van der Waals surface area contributed by atoms with Crippen molar-refractivity contribution in [1.29, 1.82) is 0 Å². The van der Waals surface area contributed by atoms with Crippen LogP contribution in [0.5, 0.6) is 0 Å². The fraction of sp³-hybridized carbons (Fsp3) is 0. The van der Waals surface area contributed by atoms with E-state index in [-0.39, 0.29) is 23.6 Å². The molecule has 0 bridgehead atoms. The van der Waals surface area contributed by atoms with Gasteiger partial charge in [0.05, 0.1) is 5.69 Å². The molecule has 0 aliphatic heterocycles. The number of rotatable bonds is 3. The van der Waals surface area contributed by atoms with Gasteiger partial charge >= 0.3 is 0 Å². The number of nitrogens with two attached hydrogens (primary N) is 3. The molecular weight excluding hydrogens is 320 g/mol.